The van der Waals surface area contributed by atoms with Crippen LogP contribution in [0.5, 0.6) is 0 Å². The minimum absolute atomic E-state index is 0.0548. The molecule has 0 aliphatic carbocycles. The van der Waals surface area contributed by atoms with Crippen molar-refractivity contribution in [3.8, 4) is 0 Å². The van der Waals surface area contributed by atoms with Crippen LogP contribution in [0.1, 0.15) is 45.2 Å². The van der Waals surface area contributed by atoms with Gasteiger partial charge in [0.05, 0.1) is 6.04 Å². The number of carbonyl (C=O) groups is 1. The first-order valence-electron chi connectivity index (χ1n) is 8.85. The fourth-order valence-electron chi connectivity index (χ4n) is 3.43. The molecule has 126 valence electrons. The maximum atomic E-state index is 12.9. The number of nitrogens with zero attached hydrogens (tertiary/aromatic N) is 1. The molecule has 0 fully saturated rings. The largest absolute Gasteiger partial charge is 0.378 e. The molecule has 3 heteroatoms. The van der Waals surface area contributed by atoms with Crippen LogP contribution in [0.4, 0.5) is 11.4 Å². The zero-order valence-electron chi connectivity index (χ0n) is 14.7. The van der Waals surface area contributed by atoms with Crippen molar-refractivity contribution in [3.63, 3.8) is 0 Å². The molecule has 3 nitrogen and oxygen atoms in total. The molecule has 0 bridgehead atoms. The van der Waals surface area contributed by atoms with Gasteiger partial charge in [0.15, 0.2) is 0 Å². The molecule has 1 amide bonds. The van der Waals surface area contributed by atoms with Crippen molar-refractivity contribution in [2.75, 3.05) is 10.2 Å². The average Bonchev–Trinajstić information content (AvgIpc) is 2.61. The second-order valence-electron chi connectivity index (χ2n) is 6.72. The second kappa shape index (κ2) is 7.08. The zero-order chi connectivity index (χ0) is 17.1. The summed E-state index contributed by atoms with van der Waals surface area (Å²) in [6.07, 6.45) is 1.78. The van der Waals surface area contributed by atoms with Crippen LogP contribution >= 0.6 is 0 Å². The van der Waals surface area contributed by atoms with Crippen LogP contribution in [0.3, 0.4) is 0 Å². The van der Waals surface area contributed by atoms with Crippen LogP contribution in [-0.4, -0.2) is 11.9 Å². The van der Waals surface area contributed by atoms with Gasteiger partial charge in [-0.2, -0.15) is 0 Å². The normalized spacial score (nSPS) is 21.0. The number of para-hydroxylation sites is 2. The predicted octanol–water partition coefficient (Wildman–Crippen LogP) is 5.01. The molecule has 0 spiro atoms. The molecule has 3 rings (SSSR count). The van der Waals surface area contributed by atoms with Gasteiger partial charge in [-0.05, 0) is 43.5 Å². The highest BCUT2D eigenvalue weighted by atomic mass is 16.2. The summed E-state index contributed by atoms with van der Waals surface area (Å²) >= 11 is 0. The van der Waals surface area contributed by atoms with Crippen LogP contribution in [-0.2, 0) is 4.79 Å². The maximum absolute atomic E-state index is 12.9. The van der Waals surface area contributed by atoms with E-state index in [1.54, 1.807) is 0 Å². The minimum atomic E-state index is 0.0548. The summed E-state index contributed by atoms with van der Waals surface area (Å²) in [6.45, 7) is 6.24. The standard InChI is InChI=1S/C21H26N2O/c1-4-15(2)21(24)23-16(3)14-19(18-12-8-9-13-20(18)23)22-17-10-6-5-7-11-17/h5-13,15-16,19,22H,4,14H2,1-3H3/t15-,16-,19+/m0/s1. The lowest BCUT2D eigenvalue weighted by atomic mass is 9.90. The van der Waals surface area contributed by atoms with Crippen LogP contribution < -0.4 is 10.2 Å². The molecule has 0 radical (unpaired) electrons. The lowest BCUT2D eigenvalue weighted by molar-refractivity contribution is -0.122. The number of hydrogen-bond acceptors (Lipinski definition) is 2. The van der Waals surface area contributed by atoms with Gasteiger partial charge < -0.3 is 10.2 Å². The van der Waals surface area contributed by atoms with E-state index in [0.29, 0.717) is 0 Å². The second-order valence-corrected chi connectivity index (χ2v) is 6.72. The Morgan fingerprint density at radius 1 is 1.17 bits per heavy atom. The first-order chi connectivity index (χ1) is 11.6. The van der Waals surface area contributed by atoms with Gasteiger partial charge in [0.1, 0.15) is 0 Å². The molecule has 0 saturated heterocycles. The van der Waals surface area contributed by atoms with E-state index in [-0.39, 0.29) is 23.9 Å². The highest BCUT2D eigenvalue weighted by Crippen LogP contribution is 2.39. The van der Waals surface area contributed by atoms with Crippen LogP contribution in [0, 0.1) is 5.92 Å². The van der Waals surface area contributed by atoms with Crippen molar-refractivity contribution >= 4 is 17.3 Å². The van der Waals surface area contributed by atoms with Crippen molar-refractivity contribution < 1.29 is 4.79 Å². The van der Waals surface area contributed by atoms with Gasteiger partial charge in [-0.3, -0.25) is 4.79 Å². The molecule has 24 heavy (non-hydrogen) atoms. The van der Waals surface area contributed by atoms with E-state index >= 15 is 0 Å². The summed E-state index contributed by atoms with van der Waals surface area (Å²) in [4.78, 5) is 14.9. The topological polar surface area (TPSA) is 32.3 Å². The molecular formula is C21H26N2O. The van der Waals surface area contributed by atoms with Crippen molar-refractivity contribution in [2.24, 2.45) is 5.92 Å². The SMILES string of the molecule is CC[C@H](C)C(=O)N1c2ccccc2[C@H](Nc2ccccc2)C[C@@H]1C. The highest BCUT2D eigenvalue weighted by Gasteiger charge is 2.34. The molecule has 2 aromatic carbocycles. The van der Waals surface area contributed by atoms with Crippen molar-refractivity contribution in [1.82, 2.24) is 0 Å². The Morgan fingerprint density at radius 2 is 1.83 bits per heavy atom. The van der Waals surface area contributed by atoms with Gasteiger partial charge in [-0.25, -0.2) is 0 Å². The average molecular weight is 322 g/mol. The van der Waals surface area contributed by atoms with Gasteiger partial charge in [0.2, 0.25) is 5.91 Å². The first-order valence-corrected chi connectivity index (χ1v) is 8.85. The third-order valence-corrected chi connectivity index (χ3v) is 4.98. The van der Waals surface area contributed by atoms with Crippen molar-refractivity contribution in [2.45, 2.75) is 45.7 Å². The molecule has 2 aromatic rings. The van der Waals surface area contributed by atoms with Gasteiger partial charge in [-0.1, -0.05) is 50.2 Å². The van der Waals surface area contributed by atoms with E-state index in [2.05, 4.69) is 49.5 Å². The summed E-state index contributed by atoms with van der Waals surface area (Å²) in [5, 5.41) is 3.63. The number of benzene rings is 2. The van der Waals surface area contributed by atoms with Crippen LogP contribution in [0.2, 0.25) is 0 Å². The van der Waals surface area contributed by atoms with E-state index in [4.69, 9.17) is 0 Å². The molecular weight excluding hydrogens is 296 g/mol. The third kappa shape index (κ3) is 3.16. The lowest BCUT2D eigenvalue weighted by Crippen LogP contribution is -2.46. The summed E-state index contributed by atoms with van der Waals surface area (Å²) in [5.41, 5.74) is 3.37. The van der Waals surface area contributed by atoms with Crippen LogP contribution in [0.25, 0.3) is 0 Å². The summed E-state index contributed by atoms with van der Waals surface area (Å²) in [7, 11) is 0. The number of carbonyl (C=O) groups excluding carboxylic acids is 1. The number of amides is 1. The lowest BCUT2D eigenvalue weighted by Gasteiger charge is -2.41. The number of nitrogens with one attached hydrogen (secondary N) is 1. The Bertz CT molecular complexity index is 698. The van der Waals surface area contributed by atoms with E-state index in [1.165, 1.54) is 5.56 Å². The van der Waals surface area contributed by atoms with E-state index in [1.807, 2.05) is 36.1 Å². The zero-order valence-corrected chi connectivity index (χ0v) is 14.7. The van der Waals surface area contributed by atoms with Gasteiger partial charge >= 0.3 is 0 Å². The Hall–Kier alpha value is -2.29. The smallest absolute Gasteiger partial charge is 0.230 e. The van der Waals surface area contributed by atoms with Crippen molar-refractivity contribution in [3.05, 3.63) is 60.2 Å². The highest BCUT2D eigenvalue weighted by molar-refractivity contribution is 5.96. The first kappa shape index (κ1) is 16.6. The predicted molar refractivity (Wildman–Crippen MR) is 100 cm³/mol. The molecule has 0 unspecified atom stereocenters. The molecule has 0 saturated carbocycles. The monoisotopic (exact) mass is 322 g/mol. The van der Waals surface area contributed by atoms with Gasteiger partial charge in [0.25, 0.3) is 0 Å². The molecule has 3 atom stereocenters. The number of hydrogen-bond donors (Lipinski definition) is 1. The molecule has 1 aliphatic rings. The number of anilines is 2. The Morgan fingerprint density at radius 3 is 2.54 bits per heavy atom. The molecule has 1 aliphatic heterocycles. The summed E-state index contributed by atoms with van der Waals surface area (Å²) < 4.78 is 0. The molecule has 1 N–H and O–H groups in total. The van der Waals surface area contributed by atoms with Crippen LogP contribution in [0.15, 0.2) is 54.6 Å². The molecule has 1 heterocycles. The Balaban J connectivity index is 1.94. The van der Waals surface area contributed by atoms with E-state index in [0.717, 1.165) is 24.2 Å². The Labute approximate surface area is 144 Å². The van der Waals surface area contributed by atoms with E-state index in [9.17, 15) is 4.79 Å². The fraction of sp³-hybridized carbons (Fsp3) is 0.381. The summed E-state index contributed by atoms with van der Waals surface area (Å²) in [6, 6.07) is 19.0. The Kier molecular flexibility index (Phi) is 4.89. The van der Waals surface area contributed by atoms with Gasteiger partial charge in [0, 0.05) is 23.3 Å². The number of rotatable bonds is 4. The quantitative estimate of drug-likeness (QED) is 0.858. The van der Waals surface area contributed by atoms with Crippen molar-refractivity contribution in [1.29, 1.82) is 0 Å². The summed E-state index contributed by atoms with van der Waals surface area (Å²) in [5.74, 6) is 0.287. The van der Waals surface area contributed by atoms with E-state index < -0.39 is 0 Å². The minimum Gasteiger partial charge on any atom is -0.378 e. The maximum Gasteiger partial charge on any atom is 0.230 e. The number of fused-ring (bicyclic) bond motifs is 1. The third-order valence-electron chi connectivity index (χ3n) is 4.98. The molecule has 0 aromatic heterocycles. The van der Waals surface area contributed by atoms with Gasteiger partial charge in [-0.15, -0.1) is 0 Å². The fourth-order valence-corrected chi connectivity index (χ4v) is 3.43.